The van der Waals surface area contributed by atoms with Crippen molar-refractivity contribution in [1.29, 1.82) is 0 Å². The van der Waals surface area contributed by atoms with Gasteiger partial charge in [-0.15, -0.1) is 0 Å². The Bertz CT molecular complexity index is 1250. The number of unbranched alkanes of at least 4 members (excludes halogenated alkanes) is 54. The van der Waals surface area contributed by atoms with Crippen LogP contribution in [0.5, 0.6) is 0 Å². The highest BCUT2D eigenvalue weighted by Gasteiger charge is 2.20. The molecule has 3 N–H and O–H groups in total. The third-order valence-corrected chi connectivity index (χ3v) is 17.3. The van der Waals surface area contributed by atoms with Crippen molar-refractivity contribution in [2.45, 2.75) is 424 Å². The van der Waals surface area contributed by atoms with Crippen LogP contribution in [-0.4, -0.2) is 47.4 Å². The second-order valence-electron chi connectivity index (χ2n) is 25.3. The van der Waals surface area contributed by atoms with Gasteiger partial charge in [0, 0.05) is 12.8 Å². The van der Waals surface area contributed by atoms with Crippen molar-refractivity contribution >= 4 is 11.9 Å². The number of aliphatic hydroxyl groups excluding tert-OH is 2. The van der Waals surface area contributed by atoms with E-state index in [1.807, 2.05) is 0 Å². The molecule has 0 aromatic heterocycles. The van der Waals surface area contributed by atoms with Crippen molar-refractivity contribution in [1.82, 2.24) is 5.32 Å². The molecule has 80 heavy (non-hydrogen) atoms. The lowest BCUT2D eigenvalue weighted by Gasteiger charge is -2.22. The maximum absolute atomic E-state index is 12.5. The SMILES string of the molecule is CCCCCC/C=C\C/C=C\CCCCCCCC(=O)OCCCCCCCCCCCCCCCCCCCCCCCCCCCCCCCC(=O)NC(CO)C(O)CCCCCCCCCCCCCCCCCCCC. The van der Waals surface area contributed by atoms with E-state index in [0.29, 0.717) is 25.9 Å². The Morgan fingerprint density at radius 3 is 0.963 bits per heavy atom. The summed E-state index contributed by atoms with van der Waals surface area (Å²) in [6.45, 7) is 4.97. The van der Waals surface area contributed by atoms with E-state index < -0.39 is 12.1 Å². The van der Waals surface area contributed by atoms with Crippen LogP contribution < -0.4 is 5.32 Å². The fourth-order valence-electron chi connectivity index (χ4n) is 11.7. The Kier molecular flexibility index (Phi) is 68.4. The number of ether oxygens (including phenoxy) is 1. The first-order valence-electron chi connectivity index (χ1n) is 36.6. The lowest BCUT2D eigenvalue weighted by molar-refractivity contribution is -0.143. The van der Waals surface area contributed by atoms with Crippen molar-refractivity contribution in [2.75, 3.05) is 13.2 Å². The Morgan fingerprint density at radius 1 is 0.350 bits per heavy atom. The molecule has 0 aliphatic carbocycles. The van der Waals surface area contributed by atoms with Crippen molar-refractivity contribution in [3.05, 3.63) is 24.3 Å². The number of amides is 1. The maximum Gasteiger partial charge on any atom is 0.305 e. The average Bonchev–Trinajstić information content (AvgIpc) is 3.46. The smallest absolute Gasteiger partial charge is 0.305 e. The topological polar surface area (TPSA) is 95.9 Å². The standard InChI is InChI=1S/C74H143NO5/c1-3-5-7-9-11-13-15-17-19-21-35-38-42-46-50-54-58-62-66-72(77)71(70-76)75-73(78)67-63-59-55-51-47-43-39-36-33-31-29-27-25-23-22-24-26-28-30-32-34-37-41-45-49-53-57-61-65-69-80-74(79)68-64-60-56-52-48-44-40-20-18-16-14-12-10-8-6-4-2/h14,16,20,40,71-72,76-77H,3-13,15,17-19,21-39,41-70H2,1-2H3,(H,75,78)/b16-14-,40-20-. The zero-order valence-electron chi connectivity index (χ0n) is 54.3. The number of carbonyl (C=O) groups excluding carboxylic acids is 2. The number of carbonyl (C=O) groups is 2. The van der Waals surface area contributed by atoms with Gasteiger partial charge in [-0.25, -0.2) is 0 Å². The molecule has 0 heterocycles. The number of aliphatic hydroxyl groups is 2. The molecule has 6 heteroatoms. The van der Waals surface area contributed by atoms with Crippen LogP contribution in [0.4, 0.5) is 0 Å². The quantitative estimate of drug-likeness (QED) is 0.0320. The Hall–Kier alpha value is -1.66. The highest BCUT2D eigenvalue weighted by molar-refractivity contribution is 5.76. The van der Waals surface area contributed by atoms with E-state index in [0.717, 1.165) is 51.4 Å². The van der Waals surface area contributed by atoms with E-state index in [2.05, 4.69) is 43.5 Å². The van der Waals surface area contributed by atoms with Gasteiger partial charge in [-0.05, 0) is 57.8 Å². The molecule has 0 saturated carbocycles. The number of hydrogen-bond acceptors (Lipinski definition) is 5. The van der Waals surface area contributed by atoms with Crippen LogP contribution in [0.2, 0.25) is 0 Å². The Morgan fingerprint density at radius 2 is 0.625 bits per heavy atom. The molecule has 6 nitrogen and oxygen atoms in total. The molecule has 0 aliphatic heterocycles. The van der Waals surface area contributed by atoms with Crippen LogP contribution in [0.25, 0.3) is 0 Å². The molecule has 0 saturated heterocycles. The summed E-state index contributed by atoms with van der Waals surface area (Å²) in [6, 6.07) is -0.539. The summed E-state index contributed by atoms with van der Waals surface area (Å²) in [7, 11) is 0. The van der Waals surface area contributed by atoms with Crippen molar-refractivity contribution in [3.63, 3.8) is 0 Å². The zero-order valence-corrected chi connectivity index (χ0v) is 54.3. The van der Waals surface area contributed by atoms with Crippen LogP contribution >= 0.6 is 0 Å². The number of nitrogens with one attached hydrogen (secondary N) is 1. The van der Waals surface area contributed by atoms with Crippen LogP contribution in [0.1, 0.15) is 412 Å². The predicted octanol–water partition coefficient (Wildman–Crippen LogP) is 23.7. The largest absolute Gasteiger partial charge is 0.466 e. The molecule has 2 atom stereocenters. The summed E-state index contributed by atoms with van der Waals surface area (Å²) in [5.41, 5.74) is 0. The molecule has 2 unspecified atom stereocenters. The average molecular weight is 1130 g/mol. The summed E-state index contributed by atoms with van der Waals surface area (Å²) in [6.07, 6.45) is 88.1. The van der Waals surface area contributed by atoms with E-state index >= 15 is 0 Å². The van der Waals surface area contributed by atoms with Crippen molar-refractivity contribution < 1.29 is 24.5 Å². The predicted molar refractivity (Wildman–Crippen MR) is 352 cm³/mol. The molecule has 0 spiro atoms. The highest BCUT2D eigenvalue weighted by Crippen LogP contribution is 2.19. The van der Waals surface area contributed by atoms with Crippen LogP contribution in [0.15, 0.2) is 24.3 Å². The van der Waals surface area contributed by atoms with E-state index in [4.69, 9.17) is 4.74 Å². The highest BCUT2D eigenvalue weighted by atomic mass is 16.5. The van der Waals surface area contributed by atoms with Gasteiger partial charge in [0.2, 0.25) is 5.91 Å². The molecule has 0 bridgehead atoms. The minimum atomic E-state index is -0.662. The van der Waals surface area contributed by atoms with Crippen LogP contribution in [0.3, 0.4) is 0 Å². The minimum absolute atomic E-state index is 0.00678. The van der Waals surface area contributed by atoms with Gasteiger partial charge >= 0.3 is 5.97 Å². The first kappa shape index (κ1) is 78.3. The van der Waals surface area contributed by atoms with Crippen molar-refractivity contribution in [2.24, 2.45) is 0 Å². The summed E-state index contributed by atoms with van der Waals surface area (Å²) in [5, 5.41) is 23.4. The fraction of sp³-hybridized carbons (Fsp3) is 0.919. The second-order valence-corrected chi connectivity index (χ2v) is 25.3. The second kappa shape index (κ2) is 69.8. The number of esters is 1. The normalized spacial score (nSPS) is 12.6. The molecule has 0 fully saturated rings. The summed E-state index contributed by atoms with van der Waals surface area (Å²) >= 11 is 0. The van der Waals surface area contributed by atoms with Gasteiger partial charge in [0.05, 0.1) is 25.4 Å². The van der Waals surface area contributed by atoms with Gasteiger partial charge < -0.3 is 20.3 Å². The van der Waals surface area contributed by atoms with Crippen LogP contribution in [0, 0.1) is 0 Å². The summed E-state index contributed by atoms with van der Waals surface area (Å²) in [5.74, 6) is -0.0206. The van der Waals surface area contributed by atoms with Gasteiger partial charge in [-0.3, -0.25) is 9.59 Å². The molecule has 0 aliphatic rings. The summed E-state index contributed by atoms with van der Waals surface area (Å²) < 4.78 is 5.49. The molecule has 1 amide bonds. The zero-order chi connectivity index (χ0) is 57.8. The number of hydrogen-bond donors (Lipinski definition) is 3. The Labute approximate surface area is 501 Å². The third-order valence-electron chi connectivity index (χ3n) is 17.3. The summed E-state index contributed by atoms with van der Waals surface area (Å²) in [4.78, 5) is 24.6. The lowest BCUT2D eigenvalue weighted by atomic mass is 10.0. The van der Waals surface area contributed by atoms with Gasteiger partial charge in [0.25, 0.3) is 0 Å². The third kappa shape index (κ3) is 65.5. The number of allylic oxidation sites excluding steroid dienone is 4. The van der Waals surface area contributed by atoms with Gasteiger partial charge in [0.15, 0.2) is 0 Å². The molecular formula is C74H143NO5. The molecule has 0 aromatic carbocycles. The van der Waals surface area contributed by atoms with Crippen molar-refractivity contribution in [3.8, 4) is 0 Å². The first-order chi connectivity index (χ1) is 39.5. The van der Waals surface area contributed by atoms with E-state index in [9.17, 15) is 19.8 Å². The molecule has 474 valence electrons. The molecule has 0 aromatic rings. The minimum Gasteiger partial charge on any atom is -0.466 e. The van der Waals surface area contributed by atoms with Crippen LogP contribution in [-0.2, 0) is 14.3 Å². The fourth-order valence-corrected chi connectivity index (χ4v) is 11.7. The van der Waals surface area contributed by atoms with Gasteiger partial charge in [-0.2, -0.15) is 0 Å². The van der Waals surface area contributed by atoms with E-state index in [1.54, 1.807) is 0 Å². The van der Waals surface area contributed by atoms with E-state index in [-0.39, 0.29) is 18.5 Å². The lowest BCUT2D eigenvalue weighted by Crippen LogP contribution is -2.45. The first-order valence-corrected chi connectivity index (χ1v) is 36.6. The monoisotopic (exact) mass is 1130 g/mol. The maximum atomic E-state index is 12.5. The molecule has 0 radical (unpaired) electrons. The Balaban J connectivity index is 3.34. The van der Waals surface area contributed by atoms with E-state index in [1.165, 1.54) is 327 Å². The molecule has 0 rings (SSSR count). The number of rotatable bonds is 69. The van der Waals surface area contributed by atoms with Gasteiger partial charge in [-0.1, -0.05) is 366 Å². The van der Waals surface area contributed by atoms with Gasteiger partial charge in [0.1, 0.15) is 0 Å². The molecular weight excluding hydrogens is 983 g/mol.